The maximum absolute atomic E-state index is 13.3. The van der Waals surface area contributed by atoms with Crippen molar-refractivity contribution in [1.82, 2.24) is 14.8 Å². The van der Waals surface area contributed by atoms with Crippen LogP contribution in [0.15, 0.2) is 54.7 Å². The molecule has 4 heteroatoms. The Bertz CT molecular complexity index is 1040. The lowest BCUT2D eigenvalue weighted by Gasteiger charge is -2.29. The summed E-state index contributed by atoms with van der Waals surface area (Å²) in [6.45, 7) is 5.59. The molecule has 0 radical (unpaired) electrons. The van der Waals surface area contributed by atoms with Crippen molar-refractivity contribution < 1.29 is 4.79 Å². The van der Waals surface area contributed by atoms with E-state index in [1.165, 1.54) is 27.6 Å². The maximum Gasteiger partial charge on any atom is 0.227 e. The van der Waals surface area contributed by atoms with Crippen LogP contribution in [0.25, 0.3) is 10.9 Å². The molecule has 1 saturated carbocycles. The van der Waals surface area contributed by atoms with Gasteiger partial charge in [-0.25, -0.2) is 0 Å². The Morgan fingerprint density at radius 2 is 2.00 bits per heavy atom. The fraction of sp³-hybridized carbons (Fsp3) is 0.423. The largest absolute Gasteiger partial charge is 0.343 e. The van der Waals surface area contributed by atoms with Gasteiger partial charge in [0.2, 0.25) is 5.91 Å². The fourth-order valence-electron chi connectivity index (χ4n) is 4.84. The number of hydrogen-bond donors (Lipinski definition) is 1. The van der Waals surface area contributed by atoms with E-state index in [0.717, 1.165) is 51.9 Å². The molecule has 1 saturated heterocycles. The predicted octanol–water partition coefficient (Wildman–Crippen LogP) is 4.49. The minimum atomic E-state index is 0.139. The summed E-state index contributed by atoms with van der Waals surface area (Å²) in [5.74, 6) is 0.486. The number of nitrogens with zero attached hydrogens (tertiary/aromatic N) is 2. The quantitative estimate of drug-likeness (QED) is 0.661. The van der Waals surface area contributed by atoms with Gasteiger partial charge < -0.3 is 14.8 Å². The SMILES string of the molecule is Cc1cccc(Cn2cc(CN(C(=O)C3CCCNC3)C3CC3)c3ccccc32)c1. The fourth-order valence-corrected chi connectivity index (χ4v) is 4.84. The van der Waals surface area contributed by atoms with E-state index in [1.807, 2.05) is 0 Å². The van der Waals surface area contributed by atoms with Crippen LogP contribution in [0.1, 0.15) is 42.4 Å². The van der Waals surface area contributed by atoms with Crippen molar-refractivity contribution in [2.75, 3.05) is 13.1 Å². The van der Waals surface area contributed by atoms with Gasteiger partial charge in [0, 0.05) is 42.8 Å². The third kappa shape index (κ3) is 4.01. The highest BCUT2D eigenvalue weighted by molar-refractivity contribution is 5.85. The van der Waals surface area contributed by atoms with Crippen LogP contribution < -0.4 is 5.32 Å². The lowest BCUT2D eigenvalue weighted by molar-refractivity contribution is -0.137. The van der Waals surface area contributed by atoms with E-state index in [0.29, 0.717) is 11.9 Å². The molecular formula is C26H31N3O. The molecule has 2 heterocycles. The number of hydrogen-bond acceptors (Lipinski definition) is 2. The lowest BCUT2D eigenvalue weighted by atomic mass is 9.97. The van der Waals surface area contributed by atoms with Crippen molar-refractivity contribution in [2.45, 2.75) is 51.7 Å². The second-order valence-electron chi connectivity index (χ2n) is 9.03. The Hall–Kier alpha value is -2.59. The Labute approximate surface area is 178 Å². The number of carbonyl (C=O) groups excluding carboxylic acids is 1. The molecule has 1 aliphatic heterocycles. The summed E-state index contributed by atoms with van der Waals surface area (Å²) in [5.41, 5.74) is 5.11. The molecule has 4 nitrogen and oxygen atoms in total. The molecule has 1 atom stereocenters. The Kier molecular flexibility index (Phi) is 5.34. The van der Waals surface area contributed by atoms with Crippen LogP contribution in [0.3, 0.4) is 0 Å². The Balaban J connectivity index is 1.44. The molecule has 2 fully saturated rings. The molecule has 0 bridgehead atoms. The van der Waals surface area contributed by atoms with E-state index in [9.17, 15) is 4.79 Å². The van der Waals surface area contributed by atoms with Crippen molar-refractivity contribution in [3.8, 4) is 0 Å². The highest BCUT2D eigenvalue weighted by Crippen LogP contribution is 2.33. The van der Waals surface area contributed by atoms with Crippen molar-refractivity contribution >= 4 is 16.8 Å². The van der Waals surface area contributed by atoms with Crippen LogP contribution >= 0.6 is 0 Å². The molecule has 30 heavy (non-hydrogen) atoms. The van der Waals surface area contributed by atoms with Gasteiger partial charge >= 0.3 is 0 Å². The van der Waals surface area contributed by atoms with Gasteiger partial charge in [0.25, 0.3) is 0 Å². The monoisotopic (exact) mass is 401 g/mol. The number of piperidine rings is 1. The average molecular weight is 402 g/mol. The summed E-state index contributed by atoms with van der Waals surface area (Å²) in [6, 6.07) is 17.8. The van der Waals surface area contributed by atoms with Crippen LogP contribution in [0.2, 0.25) is 0 Å². The normalized spacial score (nSPS) is 19.2. The molecule has 1 amide bonds. The average Bonchev–Trinajstić information content (AvgIpc) is 3.56. The molecule has 0 spiro atoms. The van der Waals surface area contributed by atoms with Crippen molar-refractivity contribution in [2.24, 2.45) is 5.92 Å². The highest BCUT2D eigenvalue weighted by Gasteiger charge is 2.36. The van der Waals surface area contributed by atoms with Crippen LogP contribution in [0.4, 0.5) is 0 Å². The molecule has 156 valence electrons. The highest BCUT2D eigenvalue weighted by atomic mass is 16.2. The first kappa shape index (κ1) is 19.4. The molecule has 3 aromatic rings. The topological polar surface area (TPSA) is 37.3 Å². The third-order valence-electron chi connectivity index (χ3n) is 6.56. The molecular weight excluding hydrogens is 370 g/mol. The molecule has 1 aliphatic carbocycles. The smallest absolute Gasteiger partial charge is 0.227 e. The maximum atomic E-state index is 13.3. The molecule has 2 aliphatic rings. The minimum absolute atomic E-state index is 0.139. The number of fused-ring (bicyclic) bond motifs is 1. The van der Waals surface area contributed by atoms with E-state index < -0.39 is 0 Å². The zero-order valence-electron chi connectivity index (χ0n) is 17.8. The number of carbonyl (C=O) groups is 1. The van der Waals surface area contributed by atoms with Gasteiger partial charge in [-0.15, -0.1) is 0 Å². The van der Waals surface area contributed by atoms with Gasteiger partial charge in [0.15, 0.2) is 0 Å². The second-order valence-corrected chi connectivity index (χ2v) is 9.03. The number of benzene rings is 2. The van der Waals surface area contributed by atoms with E-state index in [-0.39, 0.29) is 5.92 Å². The standard InChI is InChI=1S/C26H31N3O/c1-19-6-4-7-20(14-19)16-28-17-22(24-9-2-3-10-25(24)28)18-29(23-11-12-23)26(30)21-8-5-13-27-15-21/h2-4,6-7,9-10,14,17,21,23,27H,5,8,11-13,15-16,18H2,1H3. The van der Waals surface area contributed by atoms with Crippen LogP contribution in [-0.2, 0) is 17.9 Å². The van der Waals surface area contributed by atoms with Crippen molar-refractivity contribution in [1.29, 1.82) is 0 Å². The summed E-state index contributed by atoms with van der Waals surface area (Å²) in [7, 11) is 0. The van der Waals surface area contributed by atoms with E-state index >= 15 is 0 Å². The summed E-state index contributed by atoms with van der Waals surface area (Å²) in [6.07, 6.45) is 6.69. The number of aromatic nitrogens is 1. The summed E-state index contributed by atoms with van der Waals surface area (Å²) >= 11 is 0. The van der Waals surface area contributed by atoms with Gasteiger partial charge in [0.1, 0.15) is 0 Å². The van der Waals surface area contributed by atoms with Crippen LogP contribution in [0, 0.1) is 12.8 Å². The van der Waals surface area contributed by atoms with Gasteiger partial charge in [-0.3, -0.25) is 4.79 Å². The number of rotatable bonds is 6. The molecule has 2 aromatic carbocycles. The van der Waals surface area contributed by atoms with Gasteiger partial charge in [-0.1, -0.05) is 48.0 Å². The molecule has 1 unspecified atom stereocenters. The molecule has 5 rings (SSSR count). The van der Waals surface area contributed by atoms with E-state index in [4.69, 9.17) is 0 Å². The van der Waals surface area contributed by atoms with Crippen LogP contribution in [0.5, 0.6) is 0 Å². The van der Waals surface area contributed by atoms with Crippen molar-refractivity contribution in [3.63, 3.8) is 0 Å². The number of amides is 1. The summed E-state index contributed by atoms with van der Waals surface area (Å²) in [5, 5.41) is 4.68. The number of aryl methyl sites for hydroxylation is 1. The van der Waals surface area contributed by atoms with Gasteiger partial charge in [-0.05, 0) is 56.3 Å². The second kappa shape index (κ2) is 8.27. The van der Waals surface area contributed by atoms with E-state index in [1.54, 1.807) is 0 Å². The summed E-state index contributed by atoms with van der Waals surface area (Å²) < 4.78 is 2.34. The van der Waals surface area contributed by atoms with Gasteiger partial charge in [-0.2, -0.15) is 0 Å². The minimum Gasteiger partial charge on any atom is -0.343 e. The first-order valence-electron chi connectivity index (χ1n) is 11.3. The van der Waals surface area contributed by atoms with Crippen molar-refractivity contribution in [3.05, 3.63) is 71.4 Å². The Morgan fingerprint density at radius 3 is 2.77 bits per heavy atom. The molecule has 1 aromatic heterocycles. The third-order valence-corrected chi connectivity index (χ3v) is 6.56. The van der Waals surface area contributed by atoms with Gasteiger partial charge in [0.05, 0.1) is 5.92 Å². The predicted molar refractivity (Wildman–Crippen MR) is 121 cm³/mol. The van der Waals surface area contributed by atoms with Crippen LogP contribution in [-0.4, -0.2) is 34.5 Å². The lowest BCUT2D eigenvalue weighted by Crippen LogP contribution is -2.43. The summed E-state index contributed by atoms with van der Waals surface area (Å²) in [4.78, 5) is 15.5. The zero-order chi connectivity index (χ0) is 20.5. The Morgan fingerprint density at radius 1 is 1.13 bits per heavy atom. The van der Waals surface area contributed by atoms with E-state index in [2.05, 4.69) is 76.4 Å². The molecule has 1 N–H and O–H groups in total. The first-order chi connectivity index (χ1) is 14.7. The zero-order valence-corrected chi connectivity index (χ0v) is 17.8. The number of nitrogens with one attached hydrogen (secondary N) is 1. The first-order valence-corrected chi connectivity index (χ1v) is 11.3. The number of para-hydroxylation sites is 1.